The van der Waals surface area contributed by atoms with E-state index in [-0.39, 0.29) is 0 Å². The number of pyridine rings is 1. The maximum Gasteiger partial charge on any atom is 0.160 e. The van der Waals surface area contributed by atoms with Crippen LogP contribution in [-0.4, -0.2) is 19.5 Å². The van der Waals surface area contributed by atoms with Crippen LogP contribution in [0.1, 0.15) is 0 Å². The molecule has 3 heterocycles. The van der Waals surface area contributed by atoms with E-state index in [4.69, 9.17) is 9.97 Å². The standard InChI is InChI=1S/C45H30N4/c1-3-12-35(13-4-1)45-47-41(30-42(48-45)34-27-25-32(26-28-34)40-19-9-10-29-46-40)33-23-21-31(22-24-33)37-17-11-18-39-38-16-7-8-20-43(38)49(44(37)39)36-14-5-2-6-15-36/h1-30H. The SMILES string of the molecule is c1ccc(-c2nc(-c3ccc(-c4ccccn4)cc3)cc(-c3ccc(-c4cccc5c6ccccc6n(-c6ccccc6)c45)cc3)n2)cc1. The zero-order chi connectivity index (χ0) is 32.6. The molecule has 0 aliphatic heterocycles. The minimum Gasteiger partial charge on any atom is -0.309 e. The van der Waals surface area contributed by atoms with Crippen LogP contribution in [0.5, 0.6) is 0 Å². The fourth-order valence-electron chi connectivity index (χ4n) is 6.72. The van der Waals surface area contributed by atoms with E-state index in [1.807, 2.05) is 42.6 Å². The number of nitrogens with zero attached hydrogens (tertiary/aromatic N) is 4. The monoisotopic (exact) mass is 626 g/mol. The van der Waals surface area contributed by atoms with E-state index in [0.29, 0.717) is 5.82 Å². The Kier molecular flexibility index (Phi) is 7.10. The van der Waals surface area contributed by atoms with Gasteiger partial charge in [0.2, 0.25) is 0 Å². The average molecular weight is 627 g/mol. The van der Waals surface area contributed by atoms with Crippen LogP contribution in [0.2, 0.25) is 0 Å². The number of hydrogen-bond donors (Lipinski definition) is 0. The van der Waals surface area contributed by atoms with E-state index in [9.17, 15) is 0 Å². The van der Waals surface area contributed by atoms with Crippen LogP contribution >= 0.6 is 0 Å². The Morgan fingerprint density at radius 2 is 0.959 bits per heavy atom. The number of aromatic nitrogens is 4. The van der Waals surface area contributed by atoms with E-state index in [1.54, 1.807) is 0 Å². The van der Waals surface area contributed by atoms with Gasteiger partial charge in [0, 0.05) is 50.5 Å². The van der Waals surface area contributed by atoms with Crippen LogP contribution in [0.15, 0.2) is 182 Å². The van der Waals surface area contributed by atoms with Gasteiger partial charge in [-0.3, -0.25) is 4.98 Å². The second-order valence-electron chi connectivity index (χ2n) is 12.1. The van der Waals surface area contributed by atoms with Gasteiger partial charge >= 0.3 is 0 Å². The molecule has 0 aliphatic rings. The normalized spacial score (nSPS) is 11.3. The van der Waals surface area contributed by atoms with Crippen molar-refractivity contribution in [1.29, 1.82) is 0 Å². The summed E-state index contributed by atoms with van der Waals surface area (Å²) in [5, 5.41) is 2.48. The van der Waals surface area contributed by atoms with Gasteiger partial charge in [-0.1, -0.05) is 140 Å². The third kappa shape index (κ3) is 5.26. The molecule has 0 fully saturated rings. The molecule has 4 nitrogen and oxygen atoms in total. The van der Waals surface area contributed by atoms with Gasteiger partial charge in [-0.2, -0.15) is 0 Å². The molecule has 49 heavy (non-hydrogen) atoms. The Bertz CT molecular complexity index is 2560. The molecule has 0 atom stereocenters. The summed E-state index contributed by atoms with van der Waals surface area (Å²) < 4.78 is 2.38. The van der Waals surface area contributed by atoms with Gasteiger partial charge in [-0.05, 0) is 42.0 Å². The van der Waals surface area contributed by atoms with Crippen molar-refractivity contribution in [2.24, 2.45) is 0 Å². The van der Waals surface area contributed by atoms with Crippen LogP contribution in [0.25, 0.3) is 83.8 Å². The largest absolute Gasteiger partial charge is 0.309 e. The van der Waals surface area contributed by atoms with E-state index in [1.165, 1.54) is 27.4 Å². The molecule has 0 spiro atoms. The highest BCUT2D eigenvalue weighted by Crippen LogP contribution is 2.38. The molecule has 0 aliphatic carbocycles. The summed E-state index contributed by atoms with van der Waals surface area (Å²) in [5.74, 6) is 0.697. The molecule has 0 radical (unpaired) electrons. The fourth-order valence-corrected chi connectivity index (χ4v) is 6.72. The third-order valence-electron chi connectivity index (χ3n) is 9.10. The minimum absolute atomic E-state index is 0.697. The van der Waals surface area contributed by atoms with Gasteiger partial charge in [0.1, 0.15) is 0 Å². The number of benzene rings is 6. The number of rotatable bonds is 6. The molecular formula is C45H30N4. The first-order chi connectivity index (χ1) is 24.3. The third-order valence-corrected chi connectivity index (χ3v) is 9.10. The van der Waals surface area contributed by atoms with E-state index >= 15 is 0 Å². The first-order valence-corrected chi connectivity index (χ1v) is 16.4. The molecule has 0 amide bonds. The lowest BCUT2D eigenvalue weighted by molar-refractivity contribution is 1.18. The van der Waals surface area contributed by atoms with E-state index < -0.39 is 0 Å². The predicted molar refractivity (Wildman–Crippen MR) is 201 cm³/mol. The molecule has 0 N–H and O–H groups in total. The second kappa shape index (κ2) is 12.2. The molecule has 4 heteroatoms. The van der Waals surface area contributed by atoms with Crippen LogP contribution in [-0.2, 0) is 0 Å². The summed E-state index contributed by atoms with van der Waals surface area (Å²) in [6, 6.07) is 61.3. The lowest BCUT2D eigenvalue weighted by atomic mass is 9.99. The summed E-state index contributed by atoms with van der Waals surface area (Å²) >= 11 is 0. The smallest absolute Gasteiger partial charge is 0.160 e. The molecule has 9 rings (SSSR count). The first kappa shape index (κ1) is 28.6. The quantitative estimate of drug-likeness (QED) is 0.184. The molecule has 230 valence electrons. The molecule has 9 aromatic rings. The molecule has 0 bridgehead atoms. The molecular weight excluding hydrogens is 597 g/mol. The fraction of sp³-hybridized carbons (Fsp3) is 0. The van der Waals surface area contributed by atoms with Crippen molar-refractivity contribution >= 4 is 21.8 Å². The number of fused-ring (bicyclic) bond motifs is 3. The van der Waals surface area contributed by atoms with E-state index in [2.05, 4.69) is 149 Å². The Hall–Kier alpha value is -6.65. The summed E-state index contributed by atoms with van der Waals surface area (Å²) in [4.78, 5) is 14.6. The molecule has 6 aromatic carbocycles. The number of para-hydroxylation sites is 3. The maximum absolute atomic E-state index is 5.07. The van der Waals surface area contributed by atoms with Crippen LogP contribution in [0.3, 0.4) is 0 Å². The highest BCUT2D eigenvalue weighted by molar-refractivity contribution is 6.13. The summed E-state index contributed by atoms with van der Waals surface area (Å²) in [5.41, 5.74) is 12.7. The molecule has 3 aromatic heterocycles. The lowest BCUT2D eigenvalue weighted by Crippen LogP contribution is -1.96. The van der Waals surface area contributed by atoms with Crippen molar-refractivity contribution in [2.45, 2.75) is 0 Å². The Labute approximate surface area is 284 Å². The zero-order valence-electron chi connectivity index (χ0n) is 26.6. The number of hydrogen-bond acceptors (Lipinski definition) is 3. The zero-order valence-corrected chi connectivity index (χ0v) is 26.6. The Balaban J connectivity index is 1.15. The second-order valence-corrected chi connectivity index (χ2v) is 12.1. The summed E-state index contributed by atoms with van der Waals surface area (Å²) in [7, 11) is 0. The van der Waals surface area contributed by atoms with Gasteiger partial charge < -0.3 is 4.57 Å². The first-order valence-electron chi connectivity index (χ1n) is 16.4. The minimum atomic E-state index is 0.697. The van der Waals surface area contributed by atoms with Gasteiger partial charge in [-0.25, -0.2) is 9.97 Å². The average Bonchev–Trinajstić information content (AvgIpc) is 3.54. The van der Waals surface area contributed by atoms with Crippen molar-refractivity contribution in [3.63, 3.8) is 0 Å². The molecule has 0 saturated carbocycles. The van der Waals surface area contributed by atoms with Gasteiger partial charge in [0.25, 0.3) is 0 Å². The van der Waals surface area contributed by atoms with Crippen molar-refractivity contribution < 1.29 is 0 Å². The maximum atomic E-state index is 5.07. The van der Waals surface area contributed by atoms with Crippen LogP contribution in [0.4, 0.5) is 0 Å². The summed E-state index contributed by atoms with van der Waals surface area (Å²) in [6.45, 7) is 0. The highest BCUT2D eigenvalue weighted by Gasteiger charge is 2.17. The van der Waals surface area contributed by atoms with Crippen molar-refractivity contribution in [2.75, 3.05) is 0 Å². The van der Waals surface area contributed by atoms with Crippen molar-refractivity contribution in [1.82, 2.24) is 19.5 Å². The van der Waals surface area contributed by atoms with Crippen LogP contribution in [0, 0.1) is 0 Å². The van der Waals surface area contributed by atoms with Crippen molar-refractivity contribution in [3.05, 3.63) is 182 Å². The summed E-state index contributed by atoms with van der Waals surface area (Å²) in [6.07, 6.45) is 1.82. The van der Waals surface area contributed by atoms with E-state index in [0.717, 1.165) is 50.6 Å². The van der Waals surface area contributed by atoms with Crippen molar-refractivity contribution in [3.8, 4) is 62.0 Å². The van der Waals surface area contributed by atoms with Crippen LogP contribution < -0.4 is 0 Å². The Morgan fingerprint density at radius 1 is 0.388 bits per heavy atom. The Morgan fingerprint density at radius 3 is 1.63 bits per heavy atom. The van der Waals surface area contributed by atoms with Gasteiger partial charge in [0.15, 0.2) is 5.82 Å². The van der Waals surface area contributed by atoms with Gasteiger partial charge in [-0.15, -0.1) is 0 Å². The highest BCUT2D eigenvalue weighted by atomic mass is 15.0. The molecule has 0 unspecified atom stereocenters. The predicted octanol–water partition coefficient (Wildman–Crippen LogP) is 11.3. The topological polar surface area (TPSA) is 43.6 Å². The van der Waals surface area contributed by atoms with Gasteiger partial charge in [0.05, 0.1) is 28.1 Å². The molecule has 0 saturated heterocycles. The lowest BCUT2D eigenvalue weighted by Gasteiger charge is -2.13.